The molecule has 2 amide bonds. The molecule has 0 heterocycles. The highest BCUT2D eigenvalue weighted by Crippen LogP contribution is 2.31. The van der Waals surface area contributed by atoms with Crippen molar-refractivity contribution in [2.24, 2.45) is 23.5 Å². The zero-order chi connectivity index (χ0) is 19.1. The number of urea groups is 1. The van der Waals surface area contributed by atoms with Crippen molar-refractivity contribution in [3.05, 3.63) is 30.3 Å². The van der Waals surface area contributed by atoms with Gasteiger partial charge in [0.2, 0.25) is 0 Å². The van der Waals surface area contributed by atoms with Crippen molar-refractivity contribution in [3.63, 3.8) is 0 Å². The number of carbonyl (C=O) groups excluding carboxylic acids is 1. The summed E-state index contributed by atoms with van der Waals surface area (Å²) in [6.45, 7) is 2.64. The molecule has 2 saturated carbocycles. The van der Waals surface area contributed by atoms with Gasteiger partial charge in [-0.2, -0.15) is 0 Å². The molecule has 150 valence electrons. The van der Waals surface area contributed by atoms with E-state index in [0.717, 1.165) is 25.3 Å². The molecule has 27 heavy (non-hydrogen) atoms. The van der Waals surface area contributed by atoms with Crippen molar-refractivity contribution < 1.29 is 4.79 Å². The molecule has 4 nitrogen and oxygen atoms in total. The number of benzene rings is 1. The highest BCUT2D eigenvalue weighted by Gasteiger charge is 2.28. The van der Waals surface area contributed by atoms with E-state index in [1.54, 1.807) is 0 Å². The minimum Gasteiger partial charge on any atom is -0.330 e. The number of nitrogens with two attached hydrogens (primary N) is 1. The van der Waals surface area contributed by atoms with E-state index in [1.165, 1.54) is 57.8 Å². The lowest BCUT2D eigenvalue weighted by molar-refractivity contribution is 0.156. The first-order chi connectivity index (χ1) is 13.2. The van der Waals surface area contributed by atoms with E-state index in [9.17, 15) is 4.79 Å². The van der Waals surface area contributed by atoms with Gasteiger partial charge in [0.15, 0.2) is 0 Å². The predicted octanol–water partition coefficient (Wildman–Crippen LogP) is 4.89. The van der Waals surface area contributed by atoms with Crippen molar-refractivity contribution in [3.8, 4) is 0 Å². The van der Waals surface area contributed by atoms with Crippen LogP contribution in [0.1, 0.15) is 57.8 Å². The summed E-state index contributed by atoms with van der Waals surface area (Å²) in [4.78, 5) is 17.3. The van der Waals surface area contributed by atoms with Gasteiger partial charge in [0.05, 0.1) is 0 Å². The third-order valence-electron chi connectivity index (χ3n) is 6.68. The molecular weight excluding hydrogens is 334 g/mol. The maximum atomic E-state index is 13.3. The van der Waals surface area contributed by atoms with Crippen LogP contribution in [0.3, 0.4) is 0 Å². The fourth-order valence-electron chi connectivity index (χ4n) is 4.85. The van der Waals surface area contributed by atoms with Crippen molar-refractivity contribution in [2.75, 3.05) is 31.6 Å². The average Bonchev–Trinajstić information content (AvgIpc) is 2.74. The molecule has 0 bridgehead atoms. The second-order valence-corrected chi connectivity index (χ2v) is 8.71. The van der Waals surface area contributed by atoms with Gasteiger partial charge in [-0.15, -0.1) is 0 Å². The molecule has 0 aromatic heterocycles. The summed E-state index contributed by atoms with van der Waals surface area (Å²) in [5.74, 6) is 1.99. The number of hydrogen-bond acceptors (Lipinski definition) is 2. The first kappa shape index (κ1) is 20.2. The number of amides is 2. The average molecular weight is 372 g/mol. The monoisotopic (exact) mass is 371 g/mol. The normalized spacial score (nSPS) is 23.8. The molecule has 0 spiro atoms. The molecule has 3 rings (SSSR count). The summed E-state index contributed by atoms with van der Waals surface area (Å²) in [5, 5.41) is 0. The molecule has 1 aromatic rings. The van der Waals surface area contributed by atoms with Crippen LogP contribution in [0.4, 0.5) is 10.5 Å². The van der Waals surface area contributed by atoms with E-state index in [-0.39, 0.29) is 6.03 Å². The summed E-state index contributed by atoms with van der Waals surface area (Å²) in [7, 11) is 1.91. The van der Waals surface area contributed by atoms with Crippen LogP contribution in [0, 0.1) is 17.8 Å². The van der Waals surface area contributed by atoms with Crippen LogP contribution in [0.15, 0.2) is 30.3 Å². The van der Waals surface area contributed by atoms with Crippen molar-refractivity contribution in [1.82, 2.24) is 4.90 Å². The number of carbonyl (C=O) groups is 1. The van der Waals surface area contributed by atoms with E-state index in [4.69, 9.17) is 5.73 Å². The smallest absolute Gasteiger partial charge is 0.324 e. The molecule has 0 atom stereocenters. The summed E-state index contributed by atoms with van der Waals surface area (Å²) in [6.07, 6.45) is 11.4. The van der Waals surface area contributed by atoms with Gasteiger partial charge in [-0.1, -0.05) is 37.5 Å². The first-order valence-electron chi connectivity index (χ1n) is 10.9. The largest absolute Gasteiger partial charge is 0.330 e. The molecule has 2 N–H and O–H groups in total. The molecule has 2 fully saturated rings. The highest BCUT2D eigenvalue weighted by molar-refractivity contribution is 5.91. The molecule has 2 aliphatic carbocycles. The Kier molecular flexibility index (Phi) is 7.57. The maximum Gasteiger partial charge on any atom is 0.324 e. The summed E-state index contributed by atoms with van der Waals surface area (Å²) in [6, 6.07) is 10.2. The van der Waals surface area contributed by atoms with Crippen LogP contribution >= 0.6 is 0 Å². The van der Waals surface area contributed by atoms with Crippen molar-refractivity contribution in [2.45, 2.75) is 57.8 Å². The Morgan fingerprint density at radius 2 is 1.44 bits per heavy atom. The molecule has 0 saturated heterocycles. The lowest BCUT2D eigenvalue weighted by Crippen LogP contribution is -2.46. The standard InChI is InChI=1S/C23H37N3O/c1-25(22-10-6-3-7-11-22)23(27)26(17-20-8-4-2-5-9-20)18-21-14-12-19(16-24)13-15-21/h3,6-7,10-11,19-21H,2,4-5,8-9,12-18,24H2,1H3. The van der Waals surface area contributed by atoms with E-state index < -0.39 is 0 Å². The first-order valence-corrected chi connectivity index (χ1v) is 10.9. The molecule has 0 aliphatic heterocycles. The van der Waals surface area contributed by atoms with Crippen molar-refractivity contribution >= 4 is 11.7 Å². The molecule has 4 heteroatoms. The van der Waals surface area contributed by atoms with Crippen LogP contribution in [0.25, 0.3) is 0 Å². The molecule has 2 aliphatic rings. The third kappa shape index (κ3) is 5.71. The van der Waals surface area contributed by atoms with Gasteiger partial charge in [-0.25, -0.2) is 4.79 Å². The van der Waals surface area contributed by atoms with Gasteiger partial charge in [-0.3, -0.25) is 4.90 Å². The fraction of sp³-hybridized carbons (Fsp3) is 0.696. The Morgan fingerprint density at radius 1 is 0.889 bits per heavy atom. The summed E-state index contributed by atoms with van der Waals surface area (Å²) in [5.41, 5.74) is 6.83. The van der Waals surface area contributed by atoms with Crippen LogP contribution in [0.2, 0.25) is 0 Å². The lowest BCUT2D eigenvalue weighted by Gasteiger charge is -2.37. The number of anilines is 1. The highest BCUT2D eigenvalue weighted by atomic mass is 16.2. The SMILES string of the molecule is CN(C(=O)N(CC1CCCCC1)CC1CCC(CN)CC1)c1ccccc1. The predicted molar refractivity (Wildman–Crippen MR) is 113 cm³/mol. The topological polar surface area (TPSA) is 49.6 Å². The quantitative estimate of drug-likeness (QED) is 0.774. The molecule has 0 radical (unpaired) electrons. The second kappa shape index (κ2) is 10.1. The molecule has 1 aromatic carbocycles. The summed E-state index contributed by atoms with van der Waals surface area (Å²) >= 11 is 0. The Labute approximate surface area is 165 Å². The zero-order valence-corrected chi connectivity index (χ0v) is 17.0. The Balaban J connectivity index is 1.65. The van der Waals surface area contributed by atoms with Gasteiger partial charge >= 0.3 is 6.03 Å². The van der Waals surface area contributed by atoms with Crippen molar-refractivity contribution in [1.29, 1.82) is 0 Å². The number of rotatable bonds is 6. The lowest BCUT2D eigenvalue weighted by atomic mass is 9.81. The minimum absolute atomic E-state index is 0.160. The van der Waals surface area contributed by atoms with Gasteiger partial charge in [-0.05, 0) is 75.0 Å². The third-order valence-corrected chi connectivity index (χ3v) is 6.68. The van der Waals surface area contributed by atoms with Gasteiger partial charge < -0.3 is 10.6 Å². The minimum atomic E-state index is 0.160. The number of hydrogen-bond donors (Lipinski definition) is 1. The van der Waals surface area contributed by atoms with Gasteiger partial charge in [0.1, 0.15) is 0 Å². The number of para-hydroxylation sites is 1. The van der Waals surface area contributed by atoms with Crippen LogP contribution < -0.4 is 10.6 Å². The number of nitrogens with zero attached hydrogens (tertiary/aromatic N) is 2. The van der Waals surface area contributed by atoms with E-state index in [2.05, 4.69) is 4.90 Å². The fourth-order valence-corrected chi connectivity index (χ4v) is 4.85. The Bertz CT molecular complexity index is 562. The van der Waals surface area contributed by atoms with Crippen LogP contribution in [-0.2, 0) is 0 Å². The second-order valence-electron chi connectivity index (χ2n) is 8.71. The summed E-state index contributed by atoms with van der Waals surface area (Å²) < 4.78 is 0. The maximum absolute atomic E-state index is 13.3. The van der Waals surface area contributed by atoms with E-state index in [0.29, 0.717) is 17.8 Å². The van der Waals surface area contributed by atoms with Crippen LogP contribution in [-0.4, -0.2) is 37.6 Å². The Hall–Kier alpha value is -1.55. The van der Waals surface area contributed by atoms with Gasteiger partial charge in [0.25, 0.3) is 0 Å². The molecular formula is C23H37N3O. The zero-order valence-electron chi connectivity index (χ0n) is 17.0. The Morgan fingerprint density at radius 3 is 2.04 bits per heavy atom. The van der Waals surface area contributed by atoms with Gasteiger partial charge in [0, 0.05) is 25.8 Å². The van der Waals surface area contributed by atoms with E-state index >= 15 is 0 Å². The molecule has 0 unspecified atom stereocenters. The van der Waals surface area contributed by atoms with E-state index in [1.807, 2.05) is 42.3 Å². The van der Waals surface area contributed by atoms with Crippen LogP contribution in [0.5, 0.6) is 0 Å².